The minimum atomic E-state index is 0.522. The second-order valence-electron chi connectivity index (χ2n) is 5.80. The maximum atomic E-state index is 6.21. The number of halogens is 2. The van der Waals surface area contributed by atoms with E-state index in [0.717, 1.165) is 34.8 Å². The molecular weight excluding hydrogens is 353 g/mol. The van der Waals surface area contributed by atoms with Crippen LogP contribution in [0.15, 0.2) is 67.0 Å². The highest BCUT2D eigenvalue weighted by Crippen LogP contribution is 2.34. The summed E-state index contributed by atoms with van der Waals surface area (Å²) in [5.41, 5.74) is 5.04. The fraction of sp³-hybridized carbons (Fsp3) is 0.0500. The number of aromatic nitrogens is 3. The van der Waals surface area contributed by atoms with Crippen LogP contribution in [0.3, 0.4) is 0 Å². The Kier molecular flexibility index (Phi) is 4.35. The third-order valence-corrected chi connectivity index (χ3v) is 4.78. The van der Waals surface area contributed by atoms with Gasteiger partial charge in [-0.15, -0.1) is 0 Å². The molecule has 0 radical (unpaired) electrons. The molecule has 0 aliphatic heterocycles. The molecule has 4 rings (SSSR count). The molecule has 5 heteroatoms. The summed E-state index contributed by atoms with van der Waals surface area (Å²) in [6.07, 6.45) is 4.62. The molecular formula is C20H15Cl2N3. The lowest BCUT2D eigenvalue weighted by Gasteiger charge is -2.04. The normalized spacial score (nSPS) is 11.0. The van der Waals surface area contributed by atoms with Gasteiger partial charge in [0.15, 0.2) is 0 Å². The van der Waals surface area contributed by atoms with Gasteiger partial charge >= 0.3 is 0 Å². The minimum Gasteiger partial charge on any atom is -0.367 e. The molecule has 0 amide bonds. The standard InChI is InChI=1S/C20H15Cl2N3/c21-16-7-6-15(11-17(16)22)20-19(14-4-2-1-3-5-14)24-18(25-20)10-13-8-9-23-12-13/h1-9,11-12,23H,10H2,(H,24,25). The topological polar surface area (TPSA) is 44.5 Å². The van der Waals surface area contributed by atoms with Gasteiger partial charge in [-0.1, -0.05) is 59.6 Å². The zero-order chi connectivity index (χ0) is 17.2. The first-order chi connectivity index (χ1) is 12.2. The Hall–Kier alpha value is -2.49. The first-order valence-electron chi connectivity index (χ1n) is 7.92. The smallest absolute Gasteiger partial charge is 0.111 e. The van der Waals surface area contributed by atoms with E-state index in [9.17, 15) is 0 Å². The van der Waals surface area contributed by atoms with E-state index in [0.29, 0.717) is 10.0 Å². The van der Waals surface area contributed by atoms with Crippen LogP contribution < -0.4 is 0 Å². The fourth-order valence-electron chi connectivity index (χ4n) is 2.83. The van der Waals surface area contributed by atoms with Gasteiger partial charge in [0.2, 0.25) is 0 Å². The van der Waals surface area contributed by atoms with Gasteiger partial charge < -0.3 is 9.97 Å². The molecule has 0 aliphatic rings. The van der Waals surface area contributed by atoms with E-state index in [1.807, 2.05) is 48.8 Å². The lowest BCUT2D eigenvalue weighted by Crippen LogP contribution is -1.88. The third kappa shape index (κ3) is 3.34. The number of aromatic amines is 2. The predicted octanol–water partition coefficient (Wildman–Crippen LogP) is 5.97. The first-order valence-corrected chi connectivity index (χ1v) is 8.67. The Morgan fingerprint density at radius 1 is 0.880 bits per heavy atom. The molecule has 2 heterocycles. The van der Waals surface area contributed by atoms with Crippen LogP contribution in [0.25, 0.3) is 22.5 Å². The number of benzene rings is 2. The van der Waals surface area contributed by atoms with Gasteiger partial charge in [-0.05, 0) is 23.8 Å². The summed E-state index contributed by atoms with van der Waals surface area (Å²) in [7, 11) is 0. The van der Waals surface area contributed by atoms with Crippen LogP contribution >= 0.6 is 23.2 Å². The molecule has 0 aliphatic carbocycles. The molecule has 0 fully saturated rings. The molecule has 0 saturated carbocycles. The number of imidazole rings is 1. The molecule has 2 aromatic heterocycles. The molecule has 0 spiro atoms. The van der Waals surface area contributed by atoms with Crippen molar-refractivity contribution in [2.45, 2.75) is 6.42 Å². The van der Waals surface area contributed by atoms with E-state index in [-0.39, 0.29) is 0 Å². The molecule has 0 bridgehead atoms. The van der Waals surface area contributed by atoms with Crippen LogP contribution in [-0.2, 0) is 6.42 Å². The summed E-state index contributed by atoms with van der Waals surface area (Å²) >= 11 is 12.3. The van der Waals surface area contributed by atoms with Gasteiger partial charge in [0.25, 0.3) is 0 Å². The zero-order valence-electron chi connectivity index (χ0n) is 13.3. The fourth-order valence-corrected chi connectivity index (χ4v) is 3.13. The minimum absolute atomic E-state index is 0.522. The summed E-state index contributed by atoms with van der Waals surface area (Å²) in [4.78, 5) is 11.4. The highest BCUT2D eigenvalue weighted by atomic mass is 35.5. The molecule has 0 atom stereocenters. The van der Waals surface area contributed by atoms with Crippen molar-refractivity contribution >= 4 is 23.2 Å². The van der Waals surface area contributed by atoms with Crippen molar-refractivity contribution in [2.24, 2.45) is 0 Å². The number of nitrogens with zero attached hydrogens (tertiary/aromatic N) is 1. The van der Waals surface area contributed by atoms with Crippen molar-refractivity contribution in [2.75, 3.05) is 0 Å². The van der Waals surface area contributed by atoms with Crippen LogP contribution in [0.1, 0.15) is 11.4 Å². The van der Waals surface area contributed by atoms with Crippen molar-refractivity contribution in [3.05, 3.63) is 88.4 Å². The molecule has 124 valence electrons. The SMILES string of the molecule is Clc1ccc(-c2nc(Cc3cc[nH]c3)[nH]c2-c2ccccc2)cc1Cl. The van der Waals surface area contributed by atoms with E-state index >= 15 is 0 Å². The van der Waals surface area contributed by atoms with E-state index in [4.69, 9.17) is 28.2 Å². The number of H-pyrrole nitrogens is 2. The molecule has 2 aromatic carbocycles. The van der Waals surface area contributed by atoms with E-state index in [2.05, 4.69) is 22.1 Å². The second kappa shape index (κ2) is 6.79. The average Bonchev–Trinajstić information content (AvgIpc) is 3.28. The molecule has 2 N–H and O–H groups in total. The Morgan fingerprint density at radius 3 is 2.44 bits per heavy atom. The highest BCUT2D eigenvalue weighted by molar-refractivity contribution is 6.42. The lowest BCUT2D eigenvalue weighted by molar-refractivity contribution is 1.03. The molecule has 25 heavy (non-hydrogen) atoms. The average molecular weight is 368 g/mol. The molecule has 3 nitrogen and oxygen atoms in total. The van der Waals surface area contributed by atoms with Crippen molar-refractivity contribution in [3.8, 4) is 22.5 Å². The van der Waals surface area contributed by atoms with Crippen LogP contribution in [-0.4, -0.2) is 15.0 Å². The Labute approximate surface area is 155 Å². The van der Waals surface area contributed by atoms with Crippen molar-refractivity contribution in [1.29, 1.82) is 0 Å². The van der Waals surface area contributed by atoms with Gasteiger partial charge in [0.1, 0.15) is 5.82 Å². The first kappa shape index (κ1) is 16.0. The van der Waals surface area contributed by atoms with Crippen molar-refractivity contribution in [3.63, 3.8) is 0 Å². The maximum Gasteiger partial charge on any atom is 0.111 e. The Balaban J connectivity index is 1.82. The van der Waals surface area contributed by atoms with Gasteiger partial charge in [-0.3, -0.25) is 0 Å². The quantitative estimate of drug-likeness (QED) is 0.458. The molecule has 4 aromatic rings. The zero-order valence-corrected chi connectivity index (χ0v) is 14.8. The van der Waals surface area contributed by atoms with Crippen molar-refractivity contribution < 1.29 is 0 Å². The van der Waals surface area contributed by atoms with Crippen LogP contribution in [0.4, 0.5) is 0 Å². The number of hydrogen-bond donors (Lipinski definition) is 2. The van der Waals surface area contributed by atoms with Crippen LogP contribution in [0, 0.1) is 0 Å². The number of rotatable bonds is 4. The van der Waals surface area contributed by atoms with Crippen molar-refractivity contribution in [1.82, 2.24) is 15.0 Å². The van der Waals surface area contributed by atoms with Gasteiger partial charge in [0, 0.05) is 29.9 Å². The van der Waals surface area contributed by atoms with E-state index in [1.54, 1.807) is 6.07 Å². The molecule has 0 unspecified atom stereocenters. The summed E-state index contributed by atoms with van der Waals surface area (Å²) < 4.78 is 0. The Bertz CT molecular complexity index is 989. The summed E-state index contributed by atoms with van der Waals surface area (Å²) in [6, 6.07) is 17.8. The second-order valence-corrected chi connectivity index (χ2v) is 6.61. The third-order valence-electron chi connectivity index (χ3n) is 4.04. The number of hydrogen-bond acceptors (Lipinski definition) is 1. The van der Waals surface area contributed by atoms with Crippen LogP contribution in [0.5, 0.6) is 0 Å². The van der Waals surface area contributed by atoms with E-state index in [1.165, 1.54) is 5.56 Å². The van der Waals surface area contributed by atoms with E-state index < -0.39 is 0 Å². The largest absolute Gasteiger partial charge is 0.367 e. The van der Waals surface area contributed by atoms with Gasteiger partial charge in [0.05, 0.1) is 21.4 Å². The van der Waals surface area contributed by atoms with Gasteiger partial charge in [-0.2, -0.15) is 0 Å². The van der Waals surface area contributed by atoms with Gasteiger partial charge in [-0.25, -0.2) is 4.98 Å². The predicted molar refractivity (Wildman–Crippen MR) is 103 cm³/mol. The summed E-state index contributed by atoms with van der Waals surface area (Å²) in [5, 5.41) is 1.06. The summed E-state index contributed by atoms with van der Waals surface area (Å²) in [5.74, 6) is 0.902. The summed E-state index contributed by atoms with van der Waals surface area (Å²) in [6.45, 7) is 0. The lowest BCUT2D eigenvalue weighted by atomic mass is 10.1. The van der Waals surface area contributed by atoms with Crippen LogP contribution in [0.2, 0.25) is 10.0 Å². The number of nitrogens with one attached hydrogen (secondary N) is 2. The monoisotopic (exact) mass is 367 g/mol. The highest BCUT2D eigenvalue weighted by Gasteiger charge is 2.15. The Morgan fingerprint density at radius 2 is 1.72 bits per heavy atom. The molecule has 0 saturated heterocycles. The maximum absolute atomic E-state index is 6.21.